The number of rotatable bonds is 5. The zero-order valence-electron chi connectivity index (χ0n) is 20.6. The van der Waals surface area contributed by atoms with Crippen LogP contribution in [0.1, 0.15) is 36.6 Å². The molecule has 0 radical (unpaired) electrons. The van der Waals surface area contributed by atoms with Crippen molar-refractivity contribution >= 4 is 60.1 Å². The second-order valence-electron chi connectivity index (χ2n) is 9.23. The molecule has 0 aliphatic carbocycles. The molecule has 7 nitrogen and oxygen atoms in total. The Morgan fingerprint density at radius 1 is 1.16 bits per heavy atom. The molecule has 6 rings (SSSR count). The molecule has 9 heteroatoms. The summed E-state index contributed by atoms with van der Waals surface area (Å²) < 4.78 is 13.1. The fourth-order valence-corrected chi connectivity index (χ4v) is 6.25. The van der Waals surface area contributed by atoms with Gasteiger partial charge in [0.2, 0.25) is 0 Å². The number of fused-ring (bicyclic) bond motifs is 2. The zero-order chi connectivity index (χ0) is 26.6. The van der Waals surface area contributed by atoms with Gasteiger partial charge in [0.1, 0.15) is 23.4 Å². The number of aliphatic hydroxyl groups excluding tert-OH is 1. The van der Waals surface area contributed by atoms with Gasteiger partial charge in [0.15, 0.2) is 5.13 Å². The molecule has 1 aromatic heterocycles. The van der Waals surface area contributed by atoms with Crippen LogP contribution in [-0.2, 0) is 16.0 Å². The van der Waals surface area contributed by atoms with Gasteiger partial charge >= 0.3 is 5.91 Å². The maximum Gasteiger partial charge on any atom is 0.301 e. The van der Waals surface area contributed by atoms with E-state index < -0.39 is 17.7 Å². The van der Waals surface area contributed by atoms with Gasteiger partial charge in [-0.1, -0.05) is 39.4 Å². The molecule has 3 heterocycles. The summed E-state index contributed by atoms with van der Waals surface area (Å²) in [7, 11) is 0. The average Bonchev–Trinajstić information content (AvgIpc) is 3.56. The molecule has 0 bridgehead atoms. The third-order valence-corrected chi connectivity index (χ3v) is 8.21. The molecule has 0 spiro atoms. The lowest BCUT2D eigenvalue weighted by atomic mass is 9.94. The summed E-state index contributed by atoms with van der Waals surface area (Å²) in [5.41, 5.74) is 2.82. The van der Waals surface area contributed by atoms with Crippen molar-refractivity contribution in [2.24, 2.45) is 0 Å². The Morgan fingerprint density at radius 2 is 1.95 bits per heavy atom. The lowest BCUT2D eigenvalue weighted by molar-refractivity contribution is -0.132. The predicted octanol–water partition coefficient (Wildman–Crippen LogP) is 6.41. The van der Waals surface area contributed by atoms with E-state index in [1.807, 2.05) is 62.4 Å². The molecule has 2 atom stereocenters. The summed E-state index contributed by atoms with van der Waals surface area (Å²) in [6, 6.07) is 17.4. The number of nitrogens with zero attached hydrogens (tertiary/aromatic N) is 2. The molecule has 2 aliphatic rings. The molecular formula is C29H23BrN2O5S. The van der Waals surface area contributed by atoms with E-state index in [9.17, 15) is 14.7 Å². The van der Waals surface area contributed by atoms with Crippen molar-refractivity contribution < 1.29 is 24.2 Å². The van der Waals surface area contributed by atoms with Crippen LogP contribution in [0.4, 0.5) is 5.13 Å². The van der Waals surface area contributed by atoms with E-state index in [1.54, 1.807) is 12.1 Å². The number of anilines is 1. The number of benzene rings is 3. The summed E-state index contributed by atoms with van der Waals surface area (Å²) in [5.74, 6) is -0.242. The molecule has 3 aromatic carbocycles. The minimum atomic E-state index is -0.849. The summed E-state index contributed by atoms with van der Waals surface area (Å²) in [6.45, 7) is 4.42. The Kier molecular flexibility index (Phi) is 6.20. The monoisotopic (exact) mass is 590 g/mol. The molecule has 0 unspecified atom stereocenters. The lowest BCUT2D eigenvalue weighted by Crippen LogP contribution is -2.29. The van der Waals surface area contributed by atoms with E-state index in [4.69, 9.17) is 9.47 Å². The number of halogens is 1. The number of ether oxygens (including phenoxy) is 2. The van der Waals surface area contributed by atoms with Crippen LogP contribution < -0.4 is 14.4 Å². The number of carbonyl (C=O) groups is 2. The quantitative estimate of drug-likeness (QED) is 0.164. The number of carbonyl (C=O) groups excluding carboxylic acids is 2. The molecule has 2 aliphatic heterocycles. The minimum absolute atomic E-state index is 0.0264. The number of hydrogen-bond donors (Lipinski definition) is 1. The van der Waals surface area contributed by atoms with E-state index in [0.717, 1.165) is 20.5 Å². The third-order valence-electron chi connectivity index (χ3n) is 6.67. The normalized spacial score (nSPS) is 20.1. The Hall–Kier alpha value is -3.69. The van der Waals surface area contributed by atoms with Crippen molar-refractivity contribution in [3.8, 4) is 11.5 Å². The summed E-state index contributed by atoms with van der Waals surface area (Å²) >= 11 is 4.75. The van der Waals surface area contributed by atoms with Gasteiger partial charge in [-0.05, 0) is 73.5 Å². The van der Waals surface area contributed by atoms with Crippen LogP contribution in [0.2, 0.25) is 0 Å². The minimum Gasteiger partial charge on any atom is -0.507 e. The highest BCUT2D eigenvalue weighted by Gasteiger charge is 2.48. The van der Waals surface area contributed by atoms with Crippen LogP contribution in [0.3, 0.4) is 0 Å². The van der Waals surface area contributed by atoms with E-state index in [-0.39, 0.29) is 17.4 Å². The van der Waals surface area contributed by atoms with Crippen LogP contribution in [0.15, 0.2) is 70.7 Å². The van der Waals surface area contributed by atoms with Crippen molar-refractivity contribution in [2.75, 3.05) is 11.5 Å². The fourth-order valence-electron chi connectivity index (χ4n) is 4.97. The third kappa shape index (κ3) is 4.16. The van der Waals surface area contributed by atoms with Crippen molar-refractivity contribution in [3.63, 3.8) is 0 Å². The molecule has 1 fully saturated rings. The molecule has 1 saturated heterocycles. The first-order chi connectivity index (χ1) is 18.3. The van der Waals surface area contributed by atoms with Gasteiger partial charge in [-0.3, -0.25) is 14.5 Å². The number of Topliss-reactive ketones (excluding diaryl/α,β-unsaturated/α-hetero) is 1. The summed E-state index contributed by atoms with van der Waals surface area (Å²) in [4.78, 5) is 33.1. The number of hydrogen-bond acceptors (Lipinski definition) is 7. The second kappa shape index (κ2) is 9.56. The molecule has 0 saturated carbocycles. The Bertz CT molecular complexity index is 1630. The first kappa shape index (κ1) is 24.6. The van der Waals surface area contributed by atoms with Crippen LogP contribution in [0.25, 0.3) is 16.0 Å². The maximum atomic E-state index is 13.5. The highest BCUT2D eigenvalue weighted by Crippen LogP contribution is 2.45. The van der Waals surface area contributed by atoms with Crippen LogP contribution >= 0.6 is 27.3 Å². The van der Waals surface area contributed by atoms with Crippen LogP contribution in [0.5, 0.6) is 11.5 Å². The second-order valence-corrected chi connectivity index (χ2v) is 11.2. The van der Waals surface area contributed by atoms with Gasteiger partial charge in [0.25, 0.3) is 5.78 Å². The van der Waals surface area contributed by atoms with Crippen molar-refractivity contribution in [2.45, 2.75) is 32.4 Å². The zero-order valence-corrected chi connectivity index (χ0v) is 23.0. The van der Waals surface area contributed by atoms with Crippen molar-refractivity contribution in [3.05, 3.63) is 87.4 Å². The summed E-state index contributed by atoms with van der Waals surface area (Å²) in [5, 5.41) is 11.9. The number of thiazole rings is 1. The Morgan fingerprint density at radius 3 is 2.71 bits per heavy atom. The fraction of sp³-hybridized carbons (Fsp3) is 0.207. The molecule has 192 valence electrons. The van der Waals surface area contributed by atoms with E-state index in [0.29, 0.717) is 40.6 Å². The van der Waals surface area contributed by atoms with Gasteiger partial charge in [-0.15, -0.1) is 0 Å². The van der Waals surface area contributed by atoms with Gasteiger partial charge < -0.3 is 14.6 Å². The average molecular weight is 591 g/mol. The maximum absolute atomic E-state index is 13.5. The SMILES string of the molecule is CCOc1ccc2nc(N3C(=O)C(=O)/C(=C(/O)c4ccc5c(c4)C[C@H](C)O5)[C@@H]3c3ccc(Br)cc3)sc2c1. The summed E-state index contributed by atoms with van der Waals surface area (Å²) in [6.07, 6.45) is 0.745. The Balaban J connectivity index is 1.50. The molecular weight excluding hydrogens is 568 g/mol. The first-order valence-electron chi connectivity index (χ1n) is 12.2. The van der Waals surface area contributed by atoms with E-state index >= 15 is 0 Å². The van der Waals surface area contributed by atoms with Gasteiger partial charge in [0, 0.05) is 16.5 Å². The number of amides is 1. The highest BCUT2D eigenvalue weighted by molar-refractivity contribution is 9.10. The molecule has 38 heavy (non-hydrogen) atoms. The van der Waals surface area contributed by atoms with Gasteiger partial charge in [-0.2, -0.15) is 0 Å². The smallest absolute Gasteiger partial charge is 0.301 e. The predicted molar refractivity (Wildman–Crippen MR) is 150 cm³/mol. The molecule has 1 amide bonds. The molecule has 1 N–H and O–H groups in total. The lowest BCUT2D eigenvalue weighted by Gasteiger charge is -2.23. The van der Waals surface area contributed by atoms with E-state index in [1.165, 1.54) is 16.2 Å². The number of aliphatic hydroxyl groups is 1. The van der Waals surface area contributed by atoms with Crippen LogP contribution in [-0.4, -0.2) is 34.5 Å². The number of ketones is 1. The molecule has 4 aromatic rings. The van der Waals surface area contributed by atoms with Crippen molar-refractivity contribution in [1.82, 2.24) is 4.98 Å². The van der Waals surface area contributed by atoms with Gasteiger partial charge in [-0.25, -0.2) is 4.98 Å². The van der Waals surface area contributed by atoms with Gasteiger partial charge in [0.05, 0.1) is 28.4 Å². The topological polar surface area (TPSA) is 89.0 Å². The van der Waals surface area contributed by atoms with Crippen LogP contribution in [0, 0.1) is 0 Å². The van der Waals surface area contributed by atoms with Crippen molar-refractivity contribution in [1.29, 1.82) is 0 Å². The highest BCUT2D eigenvalue weighted by atomic mass is 79.9. The first-order valence-corrected chi connectivity index (χ1v) is 13.8. The Labute approximate surface area is 231 Å². The standard InChI is InChI=1S/C29H23BrN2O5S/c1-3-36-20-9-10-21-23(14-20)38-29(31-21)32-25(16-4-7-19(30)8-5-16)24(27(34)28(32)35)26(33)17-6-11-22-18(13-17)12-15(2)37-22/h4-11,13-15,25,33H,3,12H2,1-2H3/b26-24+/t15-,25-/m0/s1. The number of aromatic nitrogens is 1. The van der Waals surface area contributed by atoms with E-state index in [2.05, 4.69) is 20.9 Å². The largest absolute Gasteiger partial charge is 0.507 e.